The number of hydrogen-bond donors (Lipinski definition) is 0. The van der Waals surface area contributed by atoms with E-state index in [0.29, 0.717) is 13.2 Å². The average molecular weight is 287 g/mol. The van der Waals surface area contributed by atoms with Crippen LogP contribution in [0.3, 0.4) is 0 Å². The fourth-order valence-corrected chi connectivity index (χ4v) is 2.36. The molecule has 0 amide bonds. The number of aromatic nitrogens is 1. The molecule has 2 rings (SSSR count). The summed E-state index contributed by atoms with van der Waals surface area (Å²) in [5.74, 6) is 0. The lowest BCUT2D eigenvalue weighted by molar-refractivity contribution is -0.0713. The maximum atomic E-state index is 5.94. The van der Waals surface area contributed by atoms with Crippen molar-refractivity contribution in [1.29, 1.82) is 0 Å². The number of para-hydroxylation sites is 1. The van der Waals surface area contributed by atoms with Crippen LogP contribution in [0.5, 0.6) is 0 Å². The summed E-state index contributed by atoms with van der Waals surface area (Å²) in [6.07, 6.45) is -0.0687. The van der Waals surface area contributed by atoms with Gasteiger partial charge in [-0.3, -0.25) is 4.98 Å². The monoisotopic (exact) mass is 287 g/mol. The Labute approximate surface area is 127 Å². The predicted molar refractivity (Wildman–Crippen MR) is 86.6 cm³/mol. The van der Waals surface area contributed by atoms with Gasteiger partial charge in [-0.1, -0.05) is 18.2 Å². The van der Waals surface area contributed by atoms with Crippen molar-refractivity contribution >= 4 is 10.9 Å². The molecule has 1 heterocycles. The van der Waals surface area contributed by atoms with Gasteiger partial charge in [0.15, 0.2) is 0 Å². The zero-order valence-corrected chi connectivity index (χ0v) is 13.6. The lowest BCUT2D eigenvalue weighted by atomic mass is 10.0. The van der Waals surface area contributed by atoms with Gasteiger partial charge in [0, 0.05) is 17.7 Å². The fourth-order valence-electron chi connectivity index (χ4n) is 2.36. The highest BCUT2D eigenvalue weighted by Crippen LogP contribution is 2.28. The second-order valence-corrected chi connectivity index (χ2v) is 6.24. The van der Waals surface area contributed by atoms with Gasteiger partial charge >= 0.3 is 0 Å². The van der Waals surface area contributed by atoms with E-state index in [1.807, 2.05) is 32.0 Å². The summed E-state index contributed by atoms with van der Waals surface area (Å²) < 4.78 is 11.9. The maximum absolute atomic E-state index is 5.94. The van der Waals surface area contributed by atoms with Crippen molar-refractivity contribution in [2.75, 3.05) is 13.2 Å². The van der Waals surface area contributed by atoms with E-state index in [4.69, 9.17) is 9.47 Å². The van der Waals surface area contributed by atoms with E-state index in [-0.39, 0.29) is 11.7 Å². The molecular weight excluding hydrogens is 262 g/mol. The molecule has 3 nitrogen and oxygen atoms in total. The quantitative estimate of drug-likeness (QED) is 0.815. The van der Waals surface area contributed by atoms with Crippen LogP contribution in [0.1, 0.15) is 45.1 Å². The Hall–Kier alpha value is -1.45. The van der Waals surface area contributed by atoms with E-state index in [9.17, 15) is 0 Å². The largest absolute Gasteiger partial charge is 0.373 e. The van der Waals surface area contributed by atoms with Crippen molar-refractivity contribution in [3.63, 3.8) is 0 Å². The van der Waals surface area contributed by atoms with Crippen LogP contribution in [-0.2, 0) is 9.47 Å². The van der Waals surface area contributed by atoms with Crippen molar-refractivity contribution < 1.29 is 9.47 Å². The molecule has 0 spiro atoms. The molecule has 0 fully saturated rings. The predicted octanol–water partition coefficient (Wildman–Crippen LogP) is 4.44. The molecule has 1 aromatic heterocycles. The zero-order valence-electron chi connectivity index (χ0n) is 13.6. The molecule has 114 valence electrons. The molecule has 1 aromatic carbocycles. The SMILES string of the molecule is CCOC(COC(C)(C)C)c1cc(C)nc2ccccc12. The highest BCUT2D eigenvalue weighted by Gasteiger charge is 2.19. The van der Waals surface area contributed by atoms with Crippen LogP contribution in [0.25, 0.3) is 10.9 Å². The lowest BCUT2D eigenvalue weighted by Gasteiger charge is -2.25. The van der Waals surface area contributed by atoms with E-state index in [0.717, 1.165) is 22.2 Å². The van der Waals surface area contributed by atoms with Crippen LogP contribution < -0.4 is 0 Å². The second-order valence-electron chi connectivity index (χ2n) is 6.24. The van der Waals surface area contributed by atoms with Gasteiger partial charge in [0.2, 0.25) is 0 Å². The first-order valence-corrected chi connectivity index (χ1v) is 7.52. The molecule has 0 saturated heterocycles. The summed E-state index contributed by atoms with van der Waals surface area (Å²) in [6, 6.07) is 10.3. The Morgan fingerprint density at radius 2 is 1.90 bits per heavy atom. The van der Waals surface area contributed by atoms with Crippen molar-refractivity contribution in [1.82, 2.24) is 4.98 Å². The number of hydrogen-bond acceptors (Lipinski definition) is 3. The third-order valence-electron chi connectivity index (χ3n) is 3.26. The van der Waals surface area contributed by atoms with E-state index >= 15 is 0 Å². The van der Waals surface area contributed by atoms with Crippen molar-refractivity contribution in [2.45, 2.75) is 46.3 Å². The third-order valence-corrected chi connectivity index (χ3v) is 3.26. The summed E-state index contributed by atoms with van der Waals surface area (Å²) in [6.45, 7) is 11.4. The standard InChI is InChI=1S/C18H25NO2/c1-6-20-17(12-21-18(3,4)5)15-11-13(2)19-16-10-8-7-9-14(15)16/h7-11,17H,6,12H2,1-5H3. The van der Waals surface area contributed by atoms with Crippen LogP contribution in [0.4, 0.5) is 0 Å². The van der Waals surface area contributed by atoms with E-state index in [1.54, 1.807) is 0 Å². The Kier molecular flexibility index (Phi) is 4.96. The highest BCUT2D eigenvalue weighted by atomic mass is 16.5. The van der Waals surface area contributed by atoms with Crippen LogP contribution in [-0.4, -0.2) is 23.8 Å². The fraction of sp³-hybridized carbons (Fsp3) is 0.500. The van der Waals surface area contributed by atoms with Gasteiger partial charge in [0.1, 0.15) is 6.10 Å². The number of fused-ring (bicyclic) bond motifs is 1. The molecule has 0 aliphatic heterocycles. The molecule has 0 aliphatic carbocycles. The smallest absolute Gasteiger partial charge is 0.107 e. The molecule has 0 radical (unpaired) electrons. The number of ether oxygens (including phenoxy) is 2. The first-order valence-electron chi connectivity index (χ1n) is 7.52. The summed E-state index contributed by atoms with van der Waals surface area (Å²) in [4.78, 5) is 4.59. The second kappa shape index (κ2) is 6.54. The van der Waals surface area contributed by atoms with Gasteiger partial charge in [0.05, 0.1) is 17.7 Å². The van der Waals surface area contributed by atoms with Crippen LogP contribution in [0.2, 0.25) is 0 Å². The molecule has 0 aliphatic rings. The molecular formula is C18H25NO2. The third kappa shape index (κ3) is 4.26. The van der Waals surface area contributed by atoms with E-state index < -0.39 is 0 Å². The summed E-state index contributed by atoms with van der Waals surface area (Å²) in [7, 11) is 0. The van der Waals surface area contributed by atoms with Crippen molar-refractivity contribution in [3.05, 3.63) is 41.6 Å². The summed E-state index contributed by atoms with van der Waals surface area (Å²) >= 11 is 0. The Morgan fingerprint density at radius 3 is 2.57 bits per heavy atom. The van der Waals surface area contributed by atoms with Crippen molar-refractivity contribution in [3.8, 4) is 0 Å². The van der Waals surface area contributed by atoms with Crippen LogP contribution in [0.15, 0.2) is 30.3 Å². The molecule has 1 unspecified atom stereocenters. The van der Waals surface area contributed by atoms with E-state index in [1.165, 1.54) is 0 Å². The highest BCUT2D eigenvalue weighted by molar-refractivity contribution is 5.82. The molecule has 3 heteroatoms. The zero-order chi connectivity index (χ0) is 15.5. The molecule has 0 N–H and O–H groups in total. The summed E-state index contributed by atoms with van der Waals surface area (Å²) in [5.41, 5.74) is 2.99. The normalized spacial score (nSPS) is 13.6. The van der Waals surface area contributed by atoms with Crippen LogP contribution >= 0.6 is 0 Å². The lowest BCUT2D eigenvalue weighted by Crippen LogP contribution is -2.24. The number of aryl methyl sites for hydroxylation is 1. The summed E-state index contributed by atoms with van der Waals surface area (Å²) in [5, 5.41) is 1.14. The van der Waals surface area contributed by atoms with Crippen molar-refractivity contribution in [2.24, 2.45) is 0 Å². The minimum Gasteiger partial charge on any atom is -0.373 e. The van der Waals surface area contributed by atoms with Crippen LogP contribution in [0, 0.1) is 6.92 Å². The molecule has 2 aromatic rings. The van der Waals surface area contributed by atoms with Gasteiger partial charge in [-0.2, -0.15) is 0 Å². The maximum Gasteiger partial charge on any atom is 0.107 e. The topological polar surface area (TPSA) is 31.4 Å². The Balaban J connectivity index is 2.39. The van der Waals surface area contributed by atoms with E-state index in [2.05, 4.69) is 37.9 Å². The number of benzene rings is 1. The first-order chi connectivity index (χ1) is 9.90. The molecule has 1 atom stereocenters. The minimum atomic E-state index is -0.173. The van der Waals surface area contributed by atoms with Gasteiger partial charge in [-0.15, -0.1) is 0 Å². The van der Waals surface area contributed by atoms with Gasteiger partial charge in [0.25, 0.3) is 0 Å². The molecule has 0 saturated carbocycles. The number of nitrogens with zero attached hydrogens (tertiary/aromatic N) is 1. The molecule has 21 heavy (non-hydrogen) atoms. The number of rotatable bonds is 5. The van der Waals surface area contributed by atoms with Gasteiger partial charge in [-0.25, -0.2) is 0 Å². The minimum absolute atomic E-state index is 0.0687. The Bertz CT molecular complexity index is 602. The Morgan fingerprint density at radius 1 is 1.19 bits per heavy atom. The van der Waals surface area contributed by atoms with Gasteiger partial charge < -0.3 is 9.47 Å². The molecule has 0 bridgehead atoms. The number of pyridine rings is 1. The average Bonchev–Trinajstić information content (AvgIpc) is 2.41. The van der Waals surface area contributed by atoms with Gasteiger partial charge in [-0.05, 0) is 52.3 Å². The first kappa shape index (κ1) is 15.9.